The number of hydrogen-bond acceptors (Lipinski definition) is 5. The number of anilines is 1. The zero-order valence-corrected chi connectivity index (χ0v) is 14.0. The topological polar surface area (TPSA) is 89.8 Å². The van der Waals surface area contributed by atoms with Gasteiger partial charge < -0.3 is 4.74 Å². The molecule has 0 spiro atoms. The van der Waals surface area contributed by atoms with Gasteiger partial charge in [-0.2, -0.15) is 0 Å². The second-order valence-electron chi connectivity index (χ2n) is 5.34. The average Bonchev–Trinajstić information content (AvgIpc) is 2.60. The second-order valence-corrected chi connectivity index (χ2v) is 5.34. The van der Waals surface area contributed by atoms with Crippen LogP contribution in [-0.4, -0.2) is 30.0 Å². The molecule has 0 aliphatic carbocycles. The number of benzene rings is 2. The van der Waals surface area contributed by atoms with Crippen molar-refractivity contribution >= 4 is 23.3 Å². The summed E-state index contributed by atoms with van der Waals surface area (Å²) in [4.78, 5) is 36.3. The summed E-state index contributed by atoms with van der Waals surface area (Å²) < 4.78 is 4.92. The lowest BCUT2D eigenvalue weighted by atomic mass is 10.1. The molecule has 0 bridgehead atoms. The third-order valence-electron chi connectivity index (χ3n) is 3.49. The quantitative estimate of drug-likeness (QED) is 0.457. The SMILES string of the molecule is CCOC(=O)CN(C(=O)c1cccc([N+](=O)[O-])c1)c1ccc(C)cc1. The number of nitrogens with zero attached hydrogens (tertiary/aromatic N) is 2. The standard InChI is InChI=1S/C18H18N2O5/c1-3-25-17(21)12-19(15-9-7-13(2)8-10-15)18(22)14-5-4-6-16(11-14)20(23)24/h4-11H,3,12H2,1-2H3. The molecule has 0 aliphatic heterocycles. The van der Waals surface area contributed by atoms with Crippen LogP contribution in [0.25, 0.3) is 0 Å². The molecule has 0 fully saturated rings. The Bertz CT molecular complexity index is 786. The van der Waals surface area contributed by atoms with E-state index >= 15 is 0 Å². The van der Waals surface area contributed by atoms with Gasteiger partial charge in [-0.15, -0.1) is 0 Å². The molecule has 0 unspecified atom stereocenters. The molecule has 0 heterocycles. The predicted octanol–water partition coefficient (Wildman–Crippen LogP) is 3.11. The van der Waals surface area contributed by atoms with E-state index in [1.807, 2.05) is 19.1 Å². The van der Waals surface area contributed by atoms with Crippen LogP contribution in [0.1, 0.15) is 22.8 Å². The van der Waals surface area contributed by atoms with Crippen molar-refractivity contribution in [1.29, 1.82) is 0 Å². The summed E-state index contributed by atoms with van der Waals surface area (Å²) in [6.07, 6.45) is 0. The largest absolute Gasteiger partial charge is 0.465 e. The summed E-state index contributed by atoms with van der Waals surface area (Å²) in [7, 11) is 0. The molecule has 2 rings (SSSR count). The molecule has 0 aliphatic rings. The van der Waals surface area contributed by atoms with Crippen LogP contribution in [0.4, 0.5) is 11.4 Å². The van der Waals surface area contributed by atoms with Gasteiger partial charge in [-0.05, 0) is 32.0 Å². The Morgan fingerprint density at radius 3 is 2.44 bits per heavy atom. The molecular formula is C18H18N2O5. The van der Waals surface area contributed by atoms with E-state index in [4.69, 9.17) is 4.74 Å². The zero-order valence-electron chi connectivity index (χ0n) is 14.0. The summed E-state index contributed by atoms with van der Waals surface area (Å²) in [5.41, 5.74) is 1.45. The first-order valence-corrected chi connectivity index (χ1v) is 7.71. The van der Waals surface area contributed by atoms with Crippen LogP contribution in [0, 0.1) is 17.0 Å². The highest BCUT2D eigenvalue weighted by atomic mass is 16.6. The van der Waals surface area contributed by atoms with Crippen molar-refractivity contribution in [3.63, 3.8) is 0 Å². The predicted molar refractivity (Wildman–Crippen MR) is 92.6 cm³/mol. The van der Waals surface area contributed by atoms with Gasteiger partial charge in [-0.25, -0.2) is 0 Å². The van der Waals surface area contributed by atoms with Crippen molar-refractivity contribution in [2.24, 2.45) is 0 Å². The maximum atomic E-state index is 12.8. The number of nitro groups is 1. The van der Waals surface area contributed by atoms with E-state index < -0.39 is 16.8 Å². The lowest BCUT2D eigenvalue weighted by Gasteiger charge is -2.22. The minimum atomic E-state index is -0.571. The molecule has 0 aromatic heterocycles. The van der Waals surface area contributed by atoms with Gasteiger partial charge in [-0.3, -0.25) is 24.6 Å². The molecule has 0 saturated heterocycles. The van der Waals surface area contributed by atoms with Crippen LogP contribution in [0.5, 0.6) is 0 Å². The van der Waals surface area contributed by atoms with Gasteiger partial charge in [0.2, 0.25) is 0 Å². The molecule has 2 aromatic rings. The van der Waals surface area contributed by atoms with E-state index in [9.17, 15) is 19.7 Å². The van der Waals surface area contributed by atoms with Crippen molar-refractivity contribution in [1.82, 2.24) is 0 Å². The van der Waals surface area contributed by atoms with Crippen LogP contribution in [0.2, 0.25) is 0 Å². The summed E-state index contributed by atoms with van der Waals surface area (Å²) in [6, 6.07) is 12.5. The van der Waals surface area contributed by atoms with Crippen LogP contribution >= 0.6 is 0 Å². The molecule has 7 nitrogen and oxygen atoms in total. The van der Waals surface area contributed by atoms with Gasteiger partial charge >= 0.3 is 5.97 Å². The van der Waals surface area contributed by atoms with Crippen molar-refractivity contribution in [2.45, 2.75) is 13.8 Å². The number of nitro benzene ring substituents is 1. The monoisotopic (exact) mass is 342 g/mol. The Morgan fingerprint density at radius 2 is 1.84 bits per heavy atom. The van der Waals surface area contributed by atoms with Crippen molar-refractivity contribution in [3.8, 4) is 0 Å². The molecule has 0 atom stereocenters. The van der Waals surface area contributed by atoms with E-state index in [1.165, 1.54) is 29.2 Å². The van der Waals surface area contributed by atoms with E-state index in [0.717, 1.165) is 5.56 Å². The minimum absolute atomic E-state index is 0.124. The molecule has 25 heavy (non-hydrogen) atoms. The Kier molecular flexibility index (Phi) is 5.84. The maximum Gasteiger partial charge on any atom is 0.326 e. The Balaban J connectivity index is 2.38. The minimum Gasteiger partial charge on any atom is -0.465 e. The van der Waals surface area contributed by atoms with Crippen LogP contribution in [0.15, 0.2) is 48.5 Å². The fourth-order valence-corrected chi connectivity index (χ4v) is 2.25. The van der Waals surface area contributed by atoms with Gasteiger partial charge in [0.15, 0.2) is 0 Å². The van der Waals surface area contributed by atoms with Gasteiger partial charge in [-0.1, -0.05) is 23.8 Å². The number of ether oxygens (including phenoxy) is 1. The van der Waals surface area contributed by atoms with Crippen molar-refractivity contribution < 1.29 is 19.2 Å². The Hall–Kier alpha value is -3.22. The van der Waals surface area contributed by atoms with Crippen LogP contribution in [-0.2, 0) is 9.53 Å². The molecule has 0 N–H and O–H groups in total. The van der Waals surface area contributed by atoms with Crippen LogP contribution in [0.3, 0.4) is 0 Å². The van der Waals surface area contributed by atoms with E-state index in [1.54, 1.807) is 19.1 Å². The van der Waals surface area contributed by atoms with Gasteiger partial charge in [0.25, 0.3) is 11.6 Å². The van der Waals surface area contributed by atoms with Crippen LogP contribution < -0.4 is 4.90 Å². The third-order valence-corrected chi connectivity index (χ3v) is 3.49. The highest BCUT2D eigenvalue weighted by Gasteiger charge is 2.22. The normalized spacial score (nSPS) is 10.2. The number of rotatable bonds is 6. The number of non-ortho nitro benzene ring substituents is 1. The smallest absolute Gasteiger partial charge is 0.326 e. The summed E-state index contributed by atoms with van der Waals surface area (Å²) in [6.45, 7) is 3.50. The van der Waals surface area contributed by atoms with Crippen molar-refractivity contribution in [3.05, 3.63) is 69.8 Å². The Labute approximate surface area is 145 Å². The average molecular weight is 342 g/mol. The third kappa shape index (κ3) is 4.63. The number of hydrogen-bond donors (Lipinski definition) is 0. The van der Waals surface area contributed by atoms with Gasteiger partial charge in [0.05, 0.1) is 11.5 Å². The summed E-state index contributed by atoms with van der Waals surface area (Å²) in [5.74, 6) is -1.07. The summed E-state index contributed by atoms with van der Waals surface area (Å²) >= 11 is 0. The first-order valence-electron chi connectivity index (χ1n) is 7.71. The summed E-state index contributed by atoms with van der Waals surface area (Å²) in [5, 5.41) is 10.9. The number of aryl methyl sites for hydroxylation is 1. The molecule has 1 amide bonds. The maximum absolute atomic E-state index is 12.8. The van der Waals surface area contributed by atoms with Gasteiger partial charge in [0, 0.05) is 23.4 Å². The fourth-order valence-electron chi connectivity index (χ4n) is 2.25. The number of esters is 1. The first-order chi connectivity index (χ1) is 11.9. The number of carbonyl (C=O) groups excluding carboxylic acids is 2. The molecule has 0 radical (unpaired) electrons. The van der Waals surface area contributed by atoms with E-state index in [0.29, 0.717) is 5.69 Å². The second kappa shape index (κ2) is 8.05. The molecule has 7 heteroatoms. The lowest BCUT2D eigenvalue weighted by Crippen LogP contribution is -2.36. The fraction of sp³-hybridized carbons (Fsp3) is 0.222. The lowest BCUT2D eigenvalue weighted by molar-refractivity contribution is -0.384. The molecule has 0 saturated carbocycles. The highest BCUT2D eigenvalue weighted by molar-refractivity contribution is 6.08. The Morgan fingerprint density at radius 1 is 1.16 bits per heavy atom. The van der Waals surface area contributed by atoms with Crippen molar-refractivity contribution in [2.75, 3.05) is 18.1 Å². The van der Waals surface area contributed by atoms with Gasteiger partial charge in [0.1, 0.15) is 6.54 Å². The number of carbonyl (C=O) groups is 2. The molecular weight excluding hydrogens is 324 g/mol. The van der Waals surface area contributed by atoms with E-state index in [-0.39, 0.29) is 24.4 Å². The number of amides is 1. The highest BCUT2D eigenvalue weighted by Crippen LogP contribution is 2.20. The first kappa shape index (κ1) is 18.1. The molecule has 2 aromatic carbocycles. The van der Waals surface area contributed by atoms with E-state index in [2.05, 4.69) is 0 Å². The molecule has 130 valence electrons. The zero-order chi connectivity index (χ0) is 18.4.